The van der Waals surface area contributed by atoms with Gasteiger partial charge in [0.2, 0.25) is 5.89 Å². The predicted octanol–water partition coefficient (Wildman–Crippen LogP) is 4.61. The van der Waals surface area contributed by atoms with Crippen molar-refractivity contribution in [2.45, 2.75) is 37.8 Å². The number of hydrogen-bond acceptors (Lipinski definition) is 7. The van der Waals surface area contributed by atoms with Crippen LogP contribution in [-0.2, 0) is 6.54 Å². The first-order chi connectivity index (χ1) is 18.4. The van der Waals surface area contributed by atoms with Gasteiger partial charge in [-0.25, -0.2) is 9.07 Å². The molecule has 0 atom stereocenters. The molecule has 2 fully saturated rings. The Morgan fingerprint density at radius 1 is 1.00 bits per heavy atom. The molecule has 0 amide bonds. The highest BCUT2D eigenvalue weighted by atomic mass is 19.3. The first-order valence-corrected chi connectivity index (χ1v) is 12.8. The highest BCUT2D eigenvalue weighted by Crippen LogP contribution is 2.32. The first kappa shape index (κ1) is 24.7. The van der Waals surface area contributed by atoms with Gasteiger partial charge in [0, 0.05) is 35.8 Å². The lowest BCUT2D eigenvalue weighted by molar-refractivity contribution is 0.0363. The van der Waals surface area contributed by atoms with E-state index < -0.39 is 18.1 Å². The van der Waals surface area contributed by atoms with Crippen LogP contribution in [-0.4, -0.2) is 74.3 Å². The third kappa shape index (κ3) is 5.08. The summed E-state index contributed by atoms with van der Waals surface area (Å²) in [7, 11) is 2.17. The Morgan fingerprint density at radius 2 is 1.82 bits per heavy atom. The molecule has 4 heterocycles. The molecule has 0 aliphatic carbocycles. The van der Waals surface area contributed by atoms with Gasteiger partial charge in [0.25, 0.3) is 5.89 Å². The molecule has 0 spiro atoms. The van der Waals surface area contributed by atoms with E-state index in [-0.39, 0.29) is 18.0 Å². The third-order valence-electron chi connectivity index (χ3n) is 7.54. The van der Waals surface area contributed by atoms with Gasteiger partial charge < -0.3 is 9.32 Å². The van der Waals surface area contributed by atoms with Gasteiger partial charge in [-0.05, 0) is 62.7 Å². The van der Waals surface area contributed by atoms with Gasteiger partial charge in [-0.1, -0.05) is 29.5 Å². The molecule has 0 bridgehead atoms. The van der Waals surface area contributed by atoms with Crippen LogP contribution in [0.4, 0.5) is 13.2 Å². The van der Waals surface area contributed by atoms with E-state index in [0.29, 0.717) is 17.5 Å². The molecule has 0 radical (unpaired) electrons. The molecule has 0 saturated carbocycles. The van der Waals surface area contributed by atoms with Gasteiger partial charge in [-0.15, -0.1) is 15.3 Å². The molecule has 2 aromatic heterocycles. The Balaban J connectivity index is 1.11. The second-order valence-electron chi connectivity index (χ2n) is 10.2. The molecule has 11 heteroatoms. The number of rotatable bonds is 7. The zero-order chi connectivity index (χ0) is 26.2. The lowest BCUT2D eigenvalue weighted by Crippen LogP contribution is -2.59. The fourth-order valence-electron chi connectivity index (χ4n) is 5.38. The summed E-state index contributed by atoms with van der Waals surface area (Å²) in [6, 6.07) is 13.5. The van der Waals surface area contributed by atoms with E-state index in [4.69, 9.17) is 4.42 Å². The first-order valence-electron chi connectivity index (χ1n) is 12.8. The number of likely N-dealkylation sites (tertiary alicyclic amines) is 2. The van der Waals surface area contributed by atoms with Gasteiger partial charge in [-0.3, -0.25) is 4.90 Å². The molecular weight excluding hydrogens is 495 g/mol. The third-order valence-corrected chi connectivity index (χ3v) is 7.54. The molecule has 4 aromatic rings. The number of piperidine rings is 1. The van der Waals surface area contributed by atoms with Crippen LogP contribution in [0.5, 0.6) is 0 Å². The van der Waals surface area contributed by atoms with Crippen LogP contribution >= 0.6 is 0 Å². The maximum atomic E-state index is 14.8. The van der Waals surface area contributed by atoms with Gasteiger partial charge in [0.15, 0.2) is 0 Å². The predicted molar refractivity (Wildman–Crippen MR) is 134 cm³/mol. The van der Waals surface area contributed by atoms with E-state index in [2.05, 4.69) is 55.6 Å². The van der Waals surface area contributed by atoms with Crippen LogP contribution in [0, 0.1) is 5.82 Å². The van der Waals surface area contributed by atoms with Gasteiger partial charge in [0.05, 0.1) is 12.7 Å². The summed E-state index contributed by atoms with van der Waals surface area (Å²) in [6.07, 6.45) is 1.22. The smallest absolute Gasteiger partial charge is 0.314 e. The SMILES string of the molecule is CN1CC(N2CCC(c3cccc(-c4cn(Cc5ccc(-c6nnc(C(F)F)o6)cc5F)nn4)c3)CC2)C1. The Bertz CT molecular complexity index is 1410. The van der Waals surface area contributed by atoms with Crippen LogP contribution < -0.4 is 0 Å². The van der Waals surface area contributed by atoms with E-state index in [1.165, 1.54) is 24.7 Å². The monoisotopic (exact) mass is 523 g/mol. The summed E-state index contributed by atoms with van der Waals surface area (Å²) >= 11 is 0. The second-order valence-corrected chi connectivity index (χ2v) is 10.2. The number of benzene rings is 2. The van der Waals surface area contributed by atoms with Crippen molar-refractivity contribution in [2.24, 2.45) is 0 Å². The fraction of sp³-hybridized carbons (Fsp3) is 0.407. The lowest BCUT2D eigenvalue weighted by atomic mass is 9.87. The zero-order valence-electron chi connectivity index (χ0n) is 21.0. The van der Waals surface area contributed by atoms with E-state index >= 15 is 0 Å². The van der Waals surface area contributed by atoms with Gasteiger partial charge in [0.1, 0.15) is 11.5 Å². The van der Waals surface area contributed by atoms with Crippen molar-refractivity contribution in [1.29, 1.82) is 0 Å². The summed E-state index contributed by atoms with van der Waals surface area (Å²) in [5.74, 6) is -0.952. The topological polar surface area (TPSA) is 76.1 Å². The van der Waals surface area contributed by atoms with Crippen LogP contribution in [0.2, 0.25) is 0 Å². The normalized spacial score (nSPS) is 17.8. The molecule has 2 aromatic carbocycles. The van der Waals surface area contributed by atoms with Crippen molar-refractivity contribution in [3.63, 3.8) is 0 Å². The number of nitrogens with zero attached hydrogens (tertiary/aromatic N) is 7. The average molecular weight is 524 g/mol. The minimum absolute atomic E-state index is 0.157. The number of hydrogen-bond donors (Lipinski definition) is 0. The van der Waals surface area contributed by atoms with Gasteiger partial charge in [-0.2, -0.15) is 8.78 Å². The summed E-state index contributed by atoms with van der Waals surface area (Å²) in [5, 5.41) is 15.4. The summed E-state index contributed by atoms with van der Waals surface area (Å²) in [4.78, 5) is 4.99. The van der Waals surface area contributed by atoms with Crippen LogP contribution in [0.15, 0.2) is 53.1 Å². The van der Waals surface area contributed by atoms with Gasteiger partial charge >= 0.3 is 6.43 Å². The van der Waals surface area contributed by atoms with Crippen molar-refractivity contribution in [3.05, 3.63) is 71.5 Å². The highest BCUT2D eigenvalue weighted by molar-refractivity contribution is 5.59. The maximum absolute atomic E-state index is 14.8. The molecule has 38 heavy (non-hydrogen) atoms. The minimum atomic E-state index is -2.88. The molecule has 0 unspecified atom stereocenters. The largest absolute Gasteiger partial charge is 0.415 e. The molecule has 2 saturated heterocycles. The van der Waals surface area contributed by atoms with E-state index in [1.807, 2.05) is 6.07 Å². The Morgan fingerprint density at radius 3 is 2.53 bits per heavy atom. The number of alkyl halides is 2. The van der Waals surface area contributed by atoms with E-state index in [0.717, 1.165) is 37.2 Å². The standard InChI is InChI=1S/C27H28F3N7O/c1-35-14-22(15-35)36-9-7-17(8-10-36)18-3-2-4-19(11-18)24-16-37(34-31-24)13-21-6-5-20(12-23(21)28)26-32-33-27(38-26)25(29)30/h2-6,11-12,16-17,22,25H,7-10,13-15H2,1H3. The maximum Gasteiger partial charge on any atom is 0.314 e. The lowest BCUT2D eigenvalue weighted by Gasteiger charge is -2.46. The fourth-order valence-corrected chi connectivity index (χ4v) is 5.38. The van der Waals surface area contributed by atoms with Crippen LogP contribution in [0.3, 0.4) is 0 Å². The van der Waals surface area contributed by atoms with Crippen LogP contribution in [0.1, 0.15) is 42.2 Å². The molecule has 6 rings (SSSR count). The van der Waals surface area contributed by atoms with Crippen molar-refractivity contribution < 1.29 is 17.6 Å². The quantitative estimate of drug-likeness (QED) is 0.350. The molecule has 8 nitrogen and oxygen atoms in total. The highest BCUT2D eigenvalue weighted by Gasteiger charge is 2.32. The Kier molecular flexibility index (Phi) is 6.71. The second kappa shape index (κ2) is 10.3. The molecular formula is C27H28F3N7O. The summed E-state index contributed by atoms with van der Waals surface area (Å²) in [5.41, 5.74) is 3.63. The van der Waals surface area contributed by atoms with E-state index in [1.54, 1.807) is 23.0 Å². The minimum Gasteiger partial charge on any atom is -0.415 e. The van der Waals surface area contributed by atoms with Crippen LogP contribution in [0.25, 0.3) is 22.7 Å². The molecule has 2 aliphatic rings. The van der Waals surface area contributed by atoms with Crippen molar-refractivity contribution in [1.82, 2.24) is 35.0 Å². The Labute approximate surface area is 218 Å². The summed E-state index contributed by atoms with van der Waals surface area (Å²) in [6.45, 7) is 4.77. The zero-order valence-corrected chi connectivity index (χ0v) is 21.0. The number of aromatic nitrogens is 5. The summed E-state index contributed by atoms with van der Waals surface area (Å²) < 4.78 is 46.7. The van der Waals surface area contributed by atoms with Crippen molar-refractivity contribution in [2.75, 3.05) is 33.2 Å². The van der Waals surface area contributed by atoms with Crippen molar-refractivity contribution >= 4 is 0 Å². The van der Waals surface area contributed by atoms with Crippen molar-refractivity contribution in [3.8, 4) is 22.7 Å². The molecule has 2 aliphatic heterocycles. The Hall–Kier alpha value is -3.57. The average Bonchev–Trinajstić information content (AvgIpc) is 3.59. The molecule has 0 N–H and O–H groups in total. The van der Waals surface area contributed by atoms with E-state index in [9.17, 15) is 13.2 Å². The number of halogens is 3. The molecule has 198 valence electrons. The number of likely N-dealkylation sites (N-methyl/N-ethyl adjacent to an activating group) is 1.